The molecule has 0 heterocycles. The van der Waals surface area contributed by atoms with E-state index in [1.54, 1.807) is 12.1 Å². The standard InChI is InChI=1S/C23H28O2S.Na/c1-16(14-17-6-9-19(10-7-17)26(24)25)18-8-11-20-21(15-18)23(4,5)13-12-22(20,2)3;/h6-11,14-15H,12-13H2,1-5H3,(H,24,25);/q;+1/p-1/b16-14-;. The van der Waals surface area contributed by atoms with Crippen LogP contribution in [-0.4, -0.2) is 8.76 Å². The molecule has 4 heteroatoms. The van der Waals surface area contributed by atoms with Crippen molar-refractivity contribution in [1.82, 2.24) is 0 Å². The molecule has 138 valence electrons. The van der Waals surface area contributed by atoms with Crippen molar-refractivity contribution in [2.24, 2.45) is 0 Å². The van der Waals surface area contributed by atoms with Crippen LogP contribution in [0, 0.1) is 0 Å². The Morgan fingerprint density at radius 3 is 2.07 bits per heavy atom. The Hall–Kier alpha value is -0.710. The van der Waals surface area contributed by atoms with E-state index in [0.717, 1.165) is 5.56 Å². The Morgan fingerprint density at radius 1 is 0.963 bits per heavy atom. The van der Waals surface area contributed by atoms with Gasteiger partial charge >= 0.3 is 29.6 Å². The molecule has 0 saturated carbocycles. The molecule has 0 N–H and O–H groups in total. The van der Waals surface area contributed by atoms with Crippen molar-refractivity contribution >= 4 is 22.7 Å². The van der Waals surface area contributed by atoms with E-state index in [1.807, 2.05) is 12.1 Å². The van der Waals surface area contributed by atoms with E-state index in [-0.39, 0.29) is 40.4 Å². The average molecular weight is 391 g/mol. The SMILES string of the molecule is C/C(=C/c1ccc(S(=O)[O-])cc1)c1ccc2c(c1)C(C)(C)CCC2(C)C.[Na+]. The molecule has 27 heavy (non-hydrogen) atoms. The first kappa shape index (κ1) is 22.6. The van der Waals surface area contributed by atoms with Gasteiger partial charge in [0.15, 0.2) is 0 Å². The second-order valence-corrected chi connectivity index (χ2v) is 9.60. The number of fused-ring (bicyclic) bond motifs is 1. The fourth-order valence-corrected chi connectivity index (χ4v) is 4.20. The largest absolute Gasteiger partial charge is 1.00 e. The molecular formula is C23H27NaO2S. The van der Waals surface area contributed by atoms with Crippen molar-refractivity contribution in [2.45, 2.75) is 63.2 Å². The summed E-state index contributed by atoms with van der Waals surface area (Å²) in [4.78, 5) is 0.317. The molecule has 3 rings (SSSR count). The quantitative estimate of drug-likeness (QED) is 0.459. The Bertz CT molecular complexity index is 880. The minimum atomic E-state index is -2.17. The minimum absolute atomic E-state index is 0. The summed E-state index contributed by atoms with van der Waals surface area (Å²) in [6.45, 7) is 11.5. The van der Waals surface area contributed by atoms with Crippen LogP contribution in [0.3, 0.4) is 0 Å². The molecule has 0 amide bonds. The smallest absolute Gasteiger partial charge is 0.768 e. The summed E-state index contributed by atoms with van der Waals surface area (Å²) in [6.07, 6.45) is 4.53. The van der Waals surface area contributed by atoms with Crippen molar-refractivity contribution < 1.29 is 38.3 Å². The fraction of sp³-hybridized carbons (Fsp3) is 0.391. The molecule has 1 aliphatic rings. The van der Waals surface area contributed by atoms with Crippen molar-refractivity contribution in [3.63, 3.8) is 0 Å². The molecule has 2 aromatic rings. The minimum Gasteiger partial charge on any atom is -0.768 e. The Labute approximate surface area is 188 Å². The van der Waals surface area contributed by atoms with Crippen LogP contribution >= 0.6 is 0 Å². The van der Waals surface area contributed by atoms with Crippen LogP contribution in [-0.2, 0) is 21.9 Å². The topological polar surface area (TPSA) is 40.1 Å². The molecule has 1 atom stereocenters. The van der Waals surface area contributed by atoms with Crippen LogP contribution in [0.15, 0.2) is 47.4 Å². The number of allylic oxidation sites excluding steroid dienone is 1. The zero-order valence-corrected chi connectivity index (χ0v) is 20.1. The number of rotatable bonds is 3. The van der Waals surface area contributed by atoms with Gasteiger partial charge in [0.1, 0.15) is 0 Å². The molecule has 0 radical (unpaired) electrons. The van der Waals surface area contributed by atoms with E-state index < -0.39 is 11.1 Å². The monoisotopic (exact) mass is 390 g/mol. The predicted molar refractivity (Wildman–Crippen MR) is 109 cm³/mol. The summed E-state index contributed by atoms with van der Waals surface area (Å²) in [7, 11) is 0. The number of hydrogen-bond acceptors (Lipinski definition) is 2. The normalized spacial score (nSPS) is 19.0. The van der Waals surface area contributed by atoms with Gasteiger partial charge in [-0.1, -0.05) is 64.1 Å². The molecule has 1 aliphatic carbocycles. The van der Waals surface area contributed by atoms with E-state index in [9.17, 15) is 8.76 Å². The second-order valence-electron chi connectivity index (χ2n) is 8.66. The van der Waals surface area contributed by atoms with Gasteiger partial charge in [-0.15, -0.1) is 0 Å². The molecule has 0 fully saturated rings. The maximum atomic E-state index is 11.0. The van der Waals surface area contributed by atoms with Gasteiger partial charge in [0.25, 0.3) is 0 Å². The third-order valence-corrected chi connectivity index (χ3v) is 6.42. The van der Waals surface area contributed by atoms with Crippen molar-refractivity contribution in [1.29, 1.82) is 0 Å². The van der Waals surface area contributed by atoms with Crippen LogP contribution in [0.4, 0.5) is 0 Å². The second kappa shape index (κ2) is 8.34. The summed E-state index contributed by atoms with van der Waals surface area (Å²) in [5.41, 5.74) is 6.76. The molecule has 2 nitrogen and oxygen atoms in total. The van der Waals surface area contributed by atoms with E-state index in [2.05, 4.69) is 58.9 Å². The van der Waals surface area contributed by atoms with Gasteiger partial charge < -0.3 is 4.55 Å². The maximum Gasteiger partial charge on any atom is 1.00 e. The molecule has 2 aromatic carbocycles. The Kier molecular flexibility index (Phi) is 6.98. The number of benzene rings is 2. The molecule has 0 saturated heterocycles. The molecular weight excluding hydrogens is 363 g/mol. The van der Waals surface area contributed by atoms with Gasteiger partial charge in [0.2, 0.25) is 0 Å². The molecule has 1 unspecified atom stereocenters. The predicted octanol–water partition coefficient (Wildman–Crippen LogP) is 2.84. The zero-order valence-electron chi connectivity index (χ0n) is 17.3. The van der Waals surface area contributed by atoms with Gasteiger partial charge in [0, 0.05) is 4.90 Å². The molecule has 0 spiro atoms. The van der Waals surface area contributed by atoms with Crippen LogP contribution in [0.5, 0.6) is 0 Å². The number of hydrogen-bond donors (Lipinski definition) is 0. The fourth-order valence-electron chi connectivity index (χ4n) is 3.84. The molecule has 0 aliphatic heterocycles. The zero-order chi connectivity index (χ0) is 19.1. The van der Waals surface area contributed by atoms with Gasteiger partial charge in [-0.05, 0) is 81.6 Å². The van der Waals surface area contributed by atoms with Crippen LogP contribution < -0.4 is 29.6 Å². The van der Waals surface area contributed by atoms with Gasteiger partial charge in [-0.25, -0.2) is 0 Å². The van der Waals surface area contributed by atoms with Crippen molar-refractivity contribution in [3.05, 3.63) is 64.7 Å². The van der Waals surface area contributed by atoms with Crippen LogP contribution in [0.2, 0.25) is 0 Å². The van der Waals surface area contributed by atoms with Gasteiger partial charge in [-0.3, -0.25) is 4.21 Å². The third kappa shape index (κ3) is 4.83. The average Bonchev–Trinajstić information content (AvgIpc) is 2.59. The first-order valence-corrected chi connectivity index (χ1v) is 10.2. The van der Waals surface area contributed by atoms with Crippen molar-refractivity contribution in [2.75, 3.05) is 0 Å². The summed E-state index contributed by atoms with van der Waals surface area (Å²) in [6, 6.07) is 13.8. The summed E-state index contributed by atoms with van der Waals surface area (Å²) >= 11 is -2.17. The first-order valence-electron chi connectivity index (χ1n) is 9.13. The summed E-state index contributed by atoms with van der Waals surface area (Å²) in [5.74, 6) is 0. The van der Waals surface area contributed by atoms with Gasteiger partial charge in [0.05, 0.1) is 0 Å². The Morgan fingerprint density at radius 2 is 1.52 bits per heavy atom. The van der Waals surface area contributed by atoms with Crippen LogP contribution in [0.25, 0.3) is 11.6 Å². The van der Waals surface area contributed by atoms with E-state index >= 15 is 0 Å². The van der Waals surface area contributed by atoms with E-state index in [4.69, 9.17) is 0 Å². The first-order chi connectivity index (χ1) is 12.1. The maximum absolute atomic E-state index is 11.0. The van der Waals surface area contributed by atoms with Crippen molar-refractivity contribution in [3.8, 4) is 0 Å². The van der Waals surface area contributed by atoms with E-state index in [0.29, 0.717) is 4.90 Å². The van der Waals surface area contributed by atoms with Crippen LogP contribution in [0.1, 0.15) is 69.7 Å². The summed E-state index contributed by atoms with van der Waals surface area (Å²) < 4.78 is 22.0. The third-order valence-electron chi connectivity index (χ3n) is 5.76. The van der Waals surface area contributed by atoms with E-state index in [1.165, 1.54) is 35.1 Å². The molecule has 0 aromatic heterocycles. The summed E-state index contributed by atoms with van der Waals surface area (Å²) in [5, 5.41) is 0. The molecule has 0 bridgehead atoms. The Balaban J connectivity index is 0.00000261. The van der Waals surface area contributed by atoms with Gasteiger partial charge in [-0.2, -0.15) is 0 Å².